The van der Waals surface area contributed by atoms with Crippen molar-refractivity contribution in [1.82, 2.24) is 10.1 Å². The molecule has 0 unspecified atom stereocenters. The monoisotopic (exact) mass is 461 g/mol. The van der Waals surface area contributed by atoms with Crippen LogP contribution in [-0.2, 0) is 16.8 Å². The zero-order chi connectivity index (χ0) is 24.3. The van der Waals surface area contributed by atoms with Crippen molar-refractivity contribution in [3.63, 3.8) is 0 Å². The summed E-state index contributed by atoms with van der Waals surface area (Å²) >= 11 is 0. The summed E-state index contributed by atoms with van der Waals surface area (Å²) in [6, 6.07) is 17.0. The van der Waals surface area contributed by atoms with Crippen LogP contribution in [0.4, 0.5) is 22.0 Å². The van der Waals surface area contributed by atoms with E-state index in [9.17, 15) is 9.59 Å². The van der Waals surface area contributed by atoms with Gasteiger partial charge in [0.15, 0.2) is 5.82 Å². The molecule has 0 spiro atoms. The van der Waals surface area contributed by atoms with Crippen LogP contribution in [0.1, 0.15) is 44.1 Å². The minimum atomic E-state index is -0.384. The maximum Gasteiger partial charge on any atom is 0.324 e. The fourth-order valence-electron chi connectivity index (χ4n) is 3.86. The molecule has 1 aliphatic rings. The number of carbonyl (C=O) groups is 2. The largest absolute Gasteiger partial charge is 0.359 e. The Labute approximate surface area is 199 Å². The van der Waals surface area contributed by atoms with Gasteiger partial charge in [-0.15, -0.1) is 0 Å². The molecule has 4 rings (SSSR count). The third-order valence-electron chi connectivity index (χ3n) is 5.80. The van der Waals surface area contributed by atoms with Gasteiger partial charge in [0, 0.05) is 42.4 Å². The predicted octanol–water partition coefficient (Wildman–Crippen LogP) is 5.12. The average Bonchev–Trinajstić information content (AvgIpc) is 3.26. The van der Waals surface area contributed by atoms with Crippen LogP contribution >= 0.6 is 0 Å². The molecule has 1 aliphatic heterocycles. The van der Waals surface area contributed by atoms with Crippen LogP contribution in [0.25, 0.3) is 0 Å². The highest BCUT2D eigenvalue weighted by Crippen LogP contribution is 2.25. The van der Waals surface area contributed by atoms with Gasteiger partial charge in [0.25, 0.3) is 0 Å². The van der Waals surface area contributed by atoms with E-state index >= 15 is 0 Å². The number of para-hydroxylation sites is 1. The first kappa shape index (κ1) is 23.5. The number of benzene rings is 2. The SMILES string of the molecule is Cc1ccccc1N1CN(Cc2ccc(NC(=O)Nc3cc(C(C)(C)C)on3)cc2)CCC1=O. The highest BCUT2D eigenvalue weighted by atomic mass is 16.5. The van der Waals surface area contributed by atoms with E-state index < -0.39 is 0 Å². The van der Waals surface area contributed by atoms with Gasteiger partial charge < -0.3 is 9.84 Å². The van der Waals surface area contributed by atoms with E-state index in [2.05, 4.69) is 20.7 Å². The molecular weight excluding hydrogens is 430 g/mol. The zero-order valence-corrected chi connectivity index (χ0v) is 20.1. The lowest BCUT2D eigenvalue weighted by Crippen LogP contribution is -2.48. The Morgan fingerprint density at radius 2 is 1.82 bits per heavy atom. The Hall–Kier alpha value is -3.65. The second kappa shape index (κ2) is 9.69. The summed E-state index contributed by atoms with van der Waals surface area (Å²) in [6.45, 7) is 10.1. The van der Waals surface area contributed by atoms with Crippen molar-refractivity contribution in [2.45, 2.75) is 46.1 Å². The molecule has 34 heavy (non-hydrogen) atoms. The number of aromatic nitrogens is 1. The number of aryl methyl sites for hydroxylation is 1. The van der Waals surface area contributed by atoms with Gasteiger partial charge in [-0.05, 0) is 36.2 Å². The molecule has 3 aromatic rings. The van der Waals surface area contributed by atoms with Crippen molar-refractivity contribution in [2.24, 2.45) is 0 Å². The van der Waals surface area contributed by atoms with Crippen LogP contribution < -0.4 is 15.5 Å². The summed E-state index contributed by atoms with van der Waals surface area (Å²) in [5, 5.41) is 9.41. The maximum absolute atomic E-state index is 12.5. The number of nitrogens with one attached hydrogen (secondary N) is 2. The quantitative estimate of drug-likeness (QED) is 0.550. The van der Waals surface area contributed by atoms with Gasteiger partial charge in [-0.25, -0.2) is 4.79 Å². The first-order valence-electron chi connectivity index (χ1n) is 11.4. The lowest BCUT2D eigenvalue weighted by molar-refractivity contribution is -0.121. The fraction of sp³-hybridized carbons (Fsp3) is 0.346. The molecule has 1 aromatic heterocycles. The van der Waals surface area contributed by atoms with Crippen molar-refractivity contribution in [3.05, 3.63) is 71.5 Å². The van der Waals surface area contributed by atoms with E-state index in [1.165, 1.54) is 0 Å². The van der Waals surface area contributed by atoms with Crippen molar-refractivity contribution < 1.29 is 14.1 Å². The van der Waals surface area contributed by atoms with Crippen LogP contribution in [0.5, 0.6) is 0 Å². The molecule has 1 fully saturated rings. The van der Waals surface area contributed by atoms with Gasteiger partial charge >= 0.3 is 6.03 Å². The summed E-state index contributed by atoms with van der Waals surface area (Å²) in [7, 11) is 0. The Bertz CT molecular complexity index is 1160. The molecule has 0 atom stereocenters. The van der Waals surface area contributed by atoms with Crippen molar-refractivity contribution in [1.29, 1.82) is 0 Å². The Morgan fingerprint density at radius 3 is 2.50 bits per heavy atom. The number of carbonyl (C=O) groups excluding carboxylic acids is 2. The molecule has 8 nitrogen and oxygen atoms in total. The first-order valence-corrected chi connectivity index (χ1v) is 11.4. The molecule has 178 valence electrons. The molecule has 0 aliphatic carbocycles. The molecule has 2 aromatic carbocycles. The number of urea groups is 1. The molecule has 2 N–H and O–H groups in total. The molecule has 8 heteroatoms. The summed E-state index contributed by atoms with van der Waals surface area (Å²) in [4.78, 5) is 28.9. The van der Waals surface area contributed by atoms with Gasteiger partial charge in [0.05, 0.1) is 6.67 Å². The normalized spacial score (nSPS) is 14.8. The lowest BCUT2D eigenvalue weighted by atomic mass is 9.93. The van der Waals surface area contributed by atoms with Crippen LogP contribution in [0.15, 0.2) is 59.1 Å². The van der Waals surface area contributed by atoms with Crippen molar-refractivity contribution in [2.75, 3.05) is 28.7 Å². The van der Waals surface area contributed by atoms with E-state index in [1.54, 1.807) is 6.07 Å². The molecule has 0 saturated carbocycles. The van der Waals surface area contributed by atoms with E-state index in [0.717, 1.165) is 29.9 Å². The molecular formula is C26H31N5O3. The lowest BCUT2D eigenvalue weighted by Gasteiger charge is -2.36. The minimum Gasteiger partial charge on any atom is -0.359 e. The van der Waals surface area contributed by atoms with Crippen LogP contribution in [0.2, 0.25) is 0 Å². The van der Waals surface area contributed by atoms with E-state index in [1.807, 2.05) is 81.1 Å². The molecule has 0 bridgehead atoms. The summed E-state index contributed by atoms with van der Waals surface area (Å²) < 4.78 is 5.30. The number of hydrogen-bond acceptors (Lipinski definition) is 5. The predicted molar refractivity (Wildman–Crippen MR) is 133 cm³/mol. The zero-order valence-electron chi connectivity index (χ0n) is 20.1. The third kappa shape index (κ3) is 5.63. The van der Waals surface area contributed by atoms with Crippen molar-refractivity contribution in [3.8, 4) is 0 Å². The van der Waals surface area contributed by atoms with E-state index in [0.29, 0.717) is 30.4 Å². The van der Waals surface area contributed by atoms with E-state index in [-0.39, 0.29) is 17.4 Å². The van der Waals surface area contributed by atoms with Gasteiger partial charge in [-0.2, -0.15) is 0 Å². The van der Waals surface area contributed by atoms with Crippen LogP contribution in [0.3, 0.4) is 0 Å². The molecule has 2 heterocycles. The number of hydrogen-bond donors (Lipinski definition) is 2. The van der Waals surface area contributed by atoms with E-state index in [4.69, 9.17) is 4.52 Å². The van der Waals surface area contributed by atoms with Crippen LogP contribution in [0, 0.1) is 6.92 Å². The second-order valence-corrected chi connectivity index (χ2v) is 9.65. The summed E-state index contributed by atoms with van der Waals surface area (Å²) in [5.74, 6) is 1.22. The topological polar surface area (TPSA) is 90.7 Å². The molecule has 0 radical (unpaired) electrons. The number of anilines is 3. The van der Waals surface area contributed by atoms with Gasteiger partial charge in [-0.1, -0.05) is 56.3 Å². The number of amides is 3. The third-order valence-corrected chi connectivity index (χ3v) is 5.80. The smallest absolute Gasteiger partial charge is 0.324 e. The van der Waals surface area contributed by atoms with Crippen LogP contribution in [-0.4, -0.2) is 35.2 Å². The number of rotatable bonds is 5. The fourth-order valence-corrected chi connectivity index (χ4v) is 3.86. The van der Waals surface area contributed by atoms with Crippen molar-refractivity contribution >= 4 is 29.1 Å². The average molecular weight is 462 g/mol. The minimum absolute atomic E-state index is 0.151. The Balaban J connectivity index is 1.33. The Kier molecular flexibility index (Phi) is 6.70. The standard InChI is InChI=1S/C26H31N5O3/c1-18-7-5-6-8-21(18)31-17-30(14-13-24(31)32)16-19-9-11-20(12-10-19)27-25(33)28-23-15-22(34-29-23)26(2,3)4/h5-12,15H,13-14,16-17H2,1-4H3,(H2,27,28,29,33). The highest BCUT2D eigenvalue weighted by molar-refractivity contribution is 5.99. The first-order chi connectivity index (χ1) is 16.2. The molecule has 3 amide bonds. The Morgan fingerprint density at radius 1 is 1.09 bits per heavy atom. The van der Waals surface area contributed by atoms with Gasteiger partial charge in [0.2, 0.25) is 5.91 Å². The maximum atomic E-state index is 12.5. The second-order valence-electron chi connectivity index (χ2n) is 9.65. The molecule has 1 saturated heterocycles. The van der Waals surface area contributed by atoms with Gasteiger partial charge in [-0.3, -0.25) is 19.9 Å². The summed E-state index contributed by atoms with van der Waals surface area (Å²) in [5.41, 5.74) is 3.65. The van der Waals surface area contributed by atoms with Gasteiger partial charge in [0.1, 0.15) is 5.76 Å². The number of nitrogens with zero attached hydrogens (tertiary/aromatic N) is 3. The highest BCUT2D eigenvalue weighted by Gasteiger charge is 2.26. The summed E-state index contributed by atoms with van der Waals surface area (Å²) in [6.07, 6.45) is 0.493.